The molecule has 0 bridgehead atoms. The van der Waals surface area contributed by atoms with Crippen molar-refractivity contribution in [3.05, 3.63) is 44.5 Å². The Morgan fingerprint density at radius 3 is 0.500 bits per heavy atom. The molecule has 2 saturated heterocycles. The fraction of sp³-hybridized carbons (Fsp3) is 0.282. The molecule has 0 amide bonds. The van der Waals surface area contributed by atoms with E-state index in [1.165, 1.54) is 0 Å². The molecule has 2 heterocycles. The summed E-state index contributed by atoms with van der Waals surface area (Å²) < 4.78 is 35.8. The van der Waals surface area contributed by atoms with Crippen LogP contribution in [0.4, 0.5) is 0 Å². The highest BCUT2D eigenvalue weighted by Gasteiger charge is 2.76. The van der Waals surface area contributed by atoms with Gasteiger partial charge < -0.3 is 28.4 Å². The number of hydrogen-bond acceptors (Lipinski definition) is 8. The number of likely N-dealkylation sites (tertiary alicyclic amines) is 2. The molecule has 2 fully saturated rings. The van der Waals surface area contributed by atoms with Crippen molar-refractivity contribution >= 4 is 259 Å². The summed E-state index contributed by atoms with van der Waals surface area (Å²) in [6.45, 7) is 12.3. The first-order valence-electron chi connectivity index (χ1n) is 32.5. The SMILES string of the molecule is COCCOCCOCCN1CC23c4c5c6c7c8c9c(c%10c%11c2c2c4c4c%12c5c5c6c6c8c8c%13c%14c%15c%16c%17c%18c%19c%20c%21c%22c%23c(c%14c%14c%24c%23c%23c%22c%22c%20c(c2c%22c%11c%23c%10c%24c9c%148)c4c%19c%12c%17c5c%16c%136)C%152CN(CCOCCOCCOC)CC%18%212)C73C1. The van der Waals surface area contributed by atoms with E-state index in [1.54, 1.807) is 317 Å². The van der Waals surface area contributed by atoms with E-state index in [4.69, 9.17) is 28.4 Å². The van der Waals surface area contributed by atoms with E-state index in [1.807, 2.05) is 0 Å². The normalized spacial score (nSPS) is 25.6. The first-order valence-corrected chi connectivity index (χ1v) is 32.5. The number of hydrogen-bond donors (Lipinski definition) is 0. The first kappa shape index (κ1) is 38.5. The van der Waals surface area contributed by atoms with Crippen LogP contribution < -0.4 is 0 Å². The van der Waals surface area contributed by atoms with Crippen molar-refractivity contribution in [2.24, 2.45) is 0 Å². The highest BCUT2D eigenvalue weighted by molar-refractivity contribution is 6.77. The van der Waals surface area contributed by atoms with Crippen LogP contribution in [-0.4, -0.2) is 129 Å². The maximum absolute atomic E-state index is 6.64. The number of nitrogens with zero attached hydrogens (tertiary/aromatic N) is 2. The van der Waals surface area contributed by atoms with E-state index >= 15 is 0 Å². The minimum atomic E-state index is -0.242. The lowest BCUT2D eigenvalue weighted by Gasteiger charge is -2.50. The largest absolute Gasteiger partial charge is 0.382 e. The molecule has 86 heavy (non-hydrogen) atoms. The van der Waals surface area contributed by atoms with E-state index in [0.717, 1.165) is 39.3 Å². The van der Waals surface area contributed by atoms with Crippen molar-refractivity contribution in [1.82, 2.24) is 9.80 Å². The van der Waals surface area contributed by atoms with E-state index < -0.39 is 0 Å². The van der Waals surface area contributed by atoms with Crippen LogP contribution in [0.1, 0.15) is 44.5 Å². The molecule has 8 nitrogen and oxygen atoms in total. The van der Waals surface area contributed by atoms with Gasteiger partial charge in [0.1, 0.15) is 0 Å². The minimum absolute atomic E-state index is 0.242. The molecule has 0 saturated carbocycles. The van der Waals surface area contributed by atoms with Gasteiger partial charge in [-0.15, -0.1) is 0 Å². The van der Waals surface area contributed by atoms with Crippen LogP contribution in [0.15, 0.2) is 0 Å². The molecule has 0 atom stereocenters. The molecule has 0 N–H and O–H groups in total. The number of rotatable bonds is 18. The van der Waals surface area contributed by atoms with Crippen molar-refractivity contribution in [3.8, 4) is 0 Å². The van der Waals surface area contributed by atoms with Crippen LogP contribution in [0.2, 0.25) is 0 Å². The molecule has 10 aliphatic rings. The van der Waals surface area contributed by atoms with Gasteiger partial charge >= 0.3 is 0 Å². The topological polar surface area (TPSA) is 61.9 Å². The smallest absolute Gasteiger partial charge is 0.0701 e. The zero-order chi connectivity index (χ0) is 53.0. The Balaban J connectivity index is 0.856. The molecule has 24 aromatic rings. The highest BCUT2D eigenvalue weighted by atomic mass is 16.5. The summed E-state index contributed by atoms with van der Waals surface area (Å²) in [7, 11) is 3.50. The van der Waals surface area contributed by atoms with Gasteiger partial charge in [0.25, 0.3) is 0 Å². The summed E-state index contributed by atoms with van der Waals surface area (Å²) in [5.74, 6) is 0. The zero-order valence-corrected chi connectivity index (χ0v) is 46.7. The van der Waals surface area contributed by atoms with Gasteiger partial charge in [0.2, 0.25) is 0 Å². The van der Waals surface area contributed by atoms with Crippen molar-refractivity contribution in [3.63, 3.8) is 0 Å². The monoisotopic (exact) mass is 1100 g/mol. The van der Waals surface area contributed by atoms with Crippen molar-refractivity contribution in [1.29, 1.82) is 0 Å². The summed E-state index contributed by atoms with van der Waals surface area (Å²) in [6.07, 6.45) is 0. The number of benzene rings is 16. The molecule has 0 unspecified atom stereocenters. The quantitative estimate of drug-likeness (QED) is 0.0622. The number of ether oxygens (including phenoxy) is 6. The summed E-state index contributed by atoms with van der Waals surface area (Å²) in [4.78, 5) is 5.93. The third-order valence-corrected chi connectivity index (χ3v) is 29.4. The van der Waals surface area contributed by atoms with Crippen molar-refractivity contribution in [2.45, 2.75) is 21.7 Å². The van der Waals surface area contributed by atoms with Crippen LogP contribution in [0.25, 0.3) is 259 Å². The minimum Gasteiger partial charge on any atom is -0.382 e. The summed E-state index contributed by atoms with van der Waals surface area (Å²) in [6, 6.07) is 0. The molecule has 2 aliphatic heterocycles. The number of methoxy groups -OCH3 is 2. The molecule has 396 valence electrons. The summed E-state index contributed by atoms with van der Waals surface area (Å²) >= 11 is 0. The van der Waals surface area contributed by atoms with Crippen LogP contribution in [0, 0.1) is 0 Å². The molecule has 8 heteroatoms. The van der Waals surface area contributed by atoms with E-state index in [0.29, 0.717) is 66.1 Å². The maximum Gasteiger partial charge on any atom is 0.0701 e. The Morgan fingerprint density at radius 1 is 0.198 bits per heavy atom. The molecule has 24 aromatic carbocycles. The van der Waals surface area contributed by atoms with E-state index in [2.05, 4.69) is 9.80 Å². The molecule has 0 aromatic heterocycles. The zero-order valence-electron chi connectivity index (χ0n) is 46.7. The predicted octanol–water partition coefficient (Wildman–Crippen LogP) is 14.8. The van der Waals surface area contributed by atoms with Gasteiger partial charge in [-0.1, -0.05) is 0 Å². The van der Waals surface area contributed by atoms with Crippen LogP contribution in [0.3, 0.4) is 0 Å². The van der Waals surface area contributed by atoms with Crippen molar-refractivity contribution < 1.29 is 28.4 Å². The van der Waals surface area contributed by atoms with Gasteiger partial charge in [-0.2, -0.15) is 0 Å². The average Bonchev–Trinajstić information content (AvgIpc) is 1.39. The molecule has 8 aliphatic carbocycles. The van der Waals surface area contributed by atoms with Gasteiger partial charge in [-0.05, 0) is 303 Å². The van der Waals surface area contributed by atoms with Gasteiger partial charge in [-0.25, -0.2) is 0 Å². The molecule has 34 rings (SSSR count). The third-order valence-electron chi connectivity index (χ3n) is 29.4. The average molecular weight is 1100 g/mol. The van der Waals surface area contributed by atoms with Crippen LogP contribution in [-0.2, 0) is 50.1 Å². The lowest BCUT2D eigenvalue weighted by molar-refractivity contribution is 0.0204. The highest BCUT2D eigenvalue weighted by Crippen LogP contribution is 2.88. The predicted molar refractivity (Wildman–Crippen MR) is 347 cm³/mol. The Kier molecular flexibility index (Phi) is 4.49. The van der Waals surface area contributed by atoms with Crippen LogP contribution >= 0.6 is 0 Å². The molecule has 0 radical (unpaired) electrons. The lowest BCUT2D eigenvalue weighted by atomic mass is 9.50. The van der Waals surface area contributed by atoms with Crippen LogP contribution in [0.5, 0.6) is 0 Å². The lowest BCUT2D eigenvalue weighted by Crippen LogP contribution is -2.51. The molecular weight excluding hydrogens is 1060 g/mol. The van der Waals surface area contributed by atoms with Gasteiger partial charge in [0, 0.05) is 53.5 Å². The Bertz CT molecular complexity index is 6300. The van der Waals surface area contributed by atoms with Gasteiger partial charge in [0.15, 0.2) is 0 Å². The summed E-state index contributed by atoms with van der Waals surface area (Å²) in [5.41, 5.74) is 13.2. The first-order chi connectivity index (χ1) is 42.8. The van der Waals surface area contributed by atoms with E-state index in [9.17, 15) is 0 Å². The van der Waals surface area contributed by atoms with E-state index in [-0.39, 0.29) is 21.7 Å². The summed E-state index contributed by atoms with van der Waals surface area (Å²) in [5, 5.41) is 80.6. The van der Waals surface area contributed by atoms with Crippen molar-refractivity contribution in [2.75, 3.05) is 120 Å². The Hall–Kier alpha value is -7.60. The second-order valence-electron chi connectivity index (χ2n) is 30.5. The molecule has 4 spiro atoms. The Morgan fingerprint density at radius 2 is 0.337 bits per heavy atom. The third kappa shape index (κ3) is 2.48. The molecular formula is C78H38N2O6. The second-order valence-corrected chi connectivity index (χ2v) is 30.5. The standard InChI is InChI=1S/C78H38N2O6/c1-81-7-9-85-13-11-83-5-3-79-15-75-67-51-35-19-21-39-27-23(35)43-31-32-44-24-28-40-22-20-36(24)52(68(75)60(44)59(43)67)54-38(20)26-30-42(22)58-56(40)72-64(48(28)32)63(47(27)31)71-55(39)57-41(21)29-25-37(19)53(51)69-61-45(25)33-34(46(26)62(61)70(54)76(69,75)16-79)50(30)66-65(49(29)33)73(57)78(74(58)66)18-80(17-77(71,72)78)4-6-84-12-14-86-10-8-82-2/h3-18H2,1-2H3. The maximum atomic E-state index is 6.64. The second kappa shape index (κ2) is 10.0. The fourth-order valence-corrected chi connectivity index (χ4v) is 28.9. The Labute approximate surface area is 479 Å². The van der Waals surface area contributed by atoms with Gasteiger partial charge in [0.05, 0.1) is 87.7 Å². The van der Waals surface area contributed by atoms with Gasteiger partial charge in [-0.3, -0.25) is 9.80 Å². The fourth-order valence-electron chi connectivity index (χ4n) is 28.9.